The van der Waals surface area contributed by atoms with Gasteiger partial charge in [-0.05, 0) is 54.3 Å². The number of benzene rings is 3. The average molecular weight is 736 g/mol. The molecule has 1 atom stereocenters. The number of methoxy groups -OCH3 is 2. The quantitative estimate of drug-likeness (QED) is 0.0780. The average Bonchev–Trinajstić information content (AvgIpc) is 3.13. The molecule has 0 spiro atoms. The van der Waals surface area contributed by atoms with Gasteiger partial charge in [-0.1, -0.05) is 51.1 Å². The Labute approximate surface area is 301 Å². The summed E-state index contributed by atoms with van der Waals surface area (Å²) in [6, 6.07) is 11.3. The van der Waals surface area contributed by atoms with Crippen molar-refractivity contribution in [2.24, 2.45) is 0 Å². The number of aldehydes is 1. The van der Waals surface area contributed by atoms with E-state index in [1.807, 2.05) is 80.6 Å². The maximum atomic E-state index is 14.2. The monoisotopic (exact) mass is 735 g/mol. The zero-order chi connectivity index (χ0) is 39.2. The first kappa shape index (κ1) is 43.2. The summed E-state index contributed by atoms with van der Waals surface area (Å²) in [5, 5.41) is 1.96. The van der Waals surface area contributed by atoms with E-state index in [-0.39, 0.29) is 18.8 Å². The highest BCUT2D eigenvalue weighted by Gasteiger charge is 2.45. The first-order valence-corrected chi connectivity index (χ1v) is 16.5. The van der Waals surface area contributed by atoms with Gasteiger partial charge in [0.05, 0.1) is 27.4 Å². The van der Waals surface area contributed by atoms with Crippen molar-refractivity contribution in [3.8, 4) is 5.75 Å². The van der Waals surface area contributed by atoms with Crippen LogP contribution in [0, 0.1) is 18.6 Å². The van der Waals surface area contributed by atoms with Crippen molar-refractivity contribution in [1.29, 1.82) is 0 Å². The standard InChI is InChI=1S/C21H25NO2.C15H15F5N2O4.C2H6/c1-6-18-15(2)11-12-19(21(18)24-5)17(14-23)13-16-9-7-8-10-20(16)22(3)4;1-25-12(23)6-21-14(24)13-9(16)4-8(5-10(13)17)22-2-3-26-7-11(22)15(18,19)20;1-2/h7-14H,6H2,1-5H3;4-5,11H,2-3,6-7H2,1H3,(H,21,24);1-2H3/b17-13+;;. The van der Waals surface area contributed by atoms with Crippen LogP contribution in [-0.2, 0) is 25.5 Å². The number of rotatable bonds is 10. The molecule has 0 saturated carbocycles. The van der Waals surface area contributed by atoms with Gasteiger partial charge >= 0.3 is 12.1 Å². The smallest absolute Gasteiger partial charge is 0.411 e. The third kappa shape index (κ3) is 11.0. The summed E-state index contributed by atoms with van der Waals surface area (Å²) in [6.45, 7) is 6.61. The van der Waals surface area contributed by atoms with Crippen molar-refractivity contribution in [2.45, 2.75) is 46.3 Å². The number of nitrogens with one attached hydrogen (secondary N) is 1. The molecule has 9 nitrogen and oxygen atoms in total. The number of anilines is 2. The molecule has 1 saturated heterocycles. The molecule has 0 radical (unpaired) electrons. The molecule has 1 unspecified atom stereocenters. The number of esters is 1. The molecule has 284 valence electrons. The molecule has 0 aromatic heterocycles. The van der Waals surface area contributed by atoms with Gasteiger partial charge in [0.2, 0.25) is 0 Å². The van der Waals surface area contributed by atoms with Crippen LogP contribution >= 0.6 is 0 Å². The maximum absolute atomic E-state index is 14.2. The predicted molar refractivity (Wildman–Crippen MR) is 192 cm³/mol. The van der Waals surface area contributed by atoms with E-state index < -0.39 is 54.4 Å². The molecule has 1 heterocycles. The maximum Gasteiger partial charge on any atom is 0.411 e. The SMILES string of the molecule is CC.CCc1c(C)ccc(/C(C=O)=C/c2ccccc2N(C)C)c1OC.COC(=O)CNC(=O)c1c(F)cc(N2CCOCC2C(F)(F)F)cc1F. The van der Waals surface area contributed by atoms with Crippen LogP contribution in [0.3, 0.4) is 0 Å². The zero-order valence-corrected chi connectivity index (χ0v) is 30.6. The number of nitrogens with zero attached hydrogens (tertiary/aromatic N) is 2. The lowest BCUT2D eigenvalue weighted by Gasteiger charge is -2.38. The molecule has 3 aromatic carbocycles. The number of allylic oxidation sites excluding steroid dienone is 1. The van der Waals surface area contributed by atoms with Crippen molar-refractivity contribution < 1.29 is 50.5 Å². The number of hydrogen-bond donors (Lipinski definition) is 1. The highest BCUT2D eigenvalue weighted by atomic mass is 19.4. The van der Waals surface area contributed by atoms with E-state index in [4.69, 9.17) is 9.47 Å². The molecule has 52 heavy (non-hydrogen) atoms. The van der Waals surface area contributed by atoms with Gasteiger partial charge in [-0.25, -0.2) is 8.78 Å². The van der Waals surface area contributed by atoms with Gasteiger partial charge in [0.15, 0.2) is 6.29 Å². The molecule has 1 amide bonds. The normalized spacial score (nSPS) is 14.2. The van der Waals surface area contributed by atoms with Crippen molar-refractivity contribution in [3.63, 3.8) is 0 Å². The van der Waals surface area contributed by atoms with Gasteiger partial charge < -0.3 is 29.3 Å². The fourth-order valence-electron chi connectivity index (χ4n) is 5.43. The molecule has 1 aliphatic heterocycles. The van der Waals surface area contributed by atoms with E-state index >= 15 is 0 Å². The third-order valence-corrected chi connectivity index (χ3v) is 7.93. The van der Waals surface area contributed by atoms with Crippen molar-refractivity contribution in [2.75, 3.05) is 64.4 Å². The van der Waals surface area contributed by atoms with Crippen LogP contribution < -0.4 is 19.9 Å². The lowest BCUT2D eigenvalue weighted by molar-refractivity contribution is -0.167. The Bertz CT molecular complexity index is 1690. The molecule has 1 N–H and O–H groups in total. The largest absolute Gasteiger partial charge is 0.496 e. The zero-order valence-electron chi connectivity index (χ0n) is 30.6. The second-order valence-electron chi connectivity index (χ2n) is 11.3. The number of carbonyl (C=O) groups is 3. The summed E-state index contributed by atoms with van der Waals surface area (Å²) in [5.74, 6) is -3.98. The summed E-state index contributed by atoms with van der Waals surface area (Å²) in [5.41, 5.74) is 4.48. The van der Waals surface area contributed by atoms with E-state index in [1.54, 1.807) is 7.11 Å². The Morgan fingerprint density at radius 1 is 1.06 bits per heavy atom. The highest BCUT2D eigenvalue weighted by Crippen LogP contribution is 2.35. The van der Waals surface area contributed by atoms with Crippen LogP contribution in [0.25, 0.3) is 11.6 Å². The van der Waals surface area contributed by atoms with E-state index in [1.165, 1.54) is 5.56 Å². The predicted octanol–water partition coefficient (Wildman–Crippen LogP) is 7.03. The van der Waals surface area contributed by atoms with Crippen LogP contribution in [0.5, 0.6) is 5.75 Å². The van der Waals surface area contributed by atoms with E-state index in [9.17, 15) is 36.3 Å². The van der Waals surface area contributed by atoms with Gasteiger partial charge in [-0.15, -0.1) is 0 Å². The highest BCUT2D eigenvalue weighted by molar-refractivity contribution is 6.15. The van der Waals surface area contributed by atoms with Crippen LogP contribution in [0.4, 0.5) is 33.3 Å². The Hall–Kier alpha value is -4.98. The first-order valence-electron chi connectivity index (χ1n) is 16.5. The minimum Gasteiger partial charge on any atom is -0.496 e. The van der Waals surface area contributed by atoms with Gasteiger partial charge in [-0.2, -0.15) is 13.2 Å². The molecule has 14 heteroatoms. The van der Waals surface area contributed by atoms with Gasteiger partial charge in [0.25, 0.3) is 5.91 Å². The van der Waals surface area contributed by atoms with Crippen molar-refractivity contribution in [3.05, 3.63) is 88.0 Å². The van der Waals surface area contributed by atoms with Crippen molar-refractivity contribution in [1.82, 2.24) is 5.32 Å². The Morgan fingerprint density at radius 3 is 2.23 bits per heavy atom. The van der Waals surface area contributed by atoms with Crippen LogP contribution in [0.2, 0.25) is 0 Å². The molecule has 0 bridgehead atoms. The minimum atomic E-state index is -4.66. The molecule has 4 rings (SSSR count). The second-order valence-corrected chi connectivity index (χ2v) is 11.3. The molecule has 3 aromatic rings. The topological polar surface area (TPSA) is 97.4 Å². The van der Waals surface area contributed by atoms with Crippen LogP contribution in [0.15, 0.2) is 48.5 Å². The second kappa shape index (κ2) is 20.2. The number of halogens is 5. The number of ether oxygens (including phenoxy) is 3. The lowest BCUT2D eigenvalue weighted by Crippen LogP contribution is -2.53. The Kier molecular flexibility index (Phi) is 16.7. The molecular formula is C38H46F5N3O6. The molecule has 0 aliphatic carbocycles. The molecular weight excluding hydrogens is 689 g/mol. The molecule has 1 fully saturated rings. The number of morpholine rings is 1. The Morgan fingerprint density at radius 2 is 1.69 bits per heavy atom. The van der Waals surface area contributed by atoms with E-state index in [2.05, 4.69) is 18.6 Å². The fraction of sp³-hybridized carbons (Fsp3) is 0.395. The first-order chi connectivity index (χ1) is 24.7. The number of hydrogen-bond acceptors (Lipinski definition) is 8. The van der Waals surface area contributed by atoms with Gasteiger partial charge in [-0.3, -0.25) is 14.4 Å². The lowest BCUT2D eigenvalue weighted by atomic mass is 9.95. The minimum absolute atomic E-state index is 0.0445. The van der Waals surface area contributed by atoms with E-state index in [0.29, 0.717) is 17.7 Å². The van der Waals surface area contributed by atoms with Gasteiger partial charge in [0, 0.05) is 43.2 Å². The number of amides is 1. The number of carbonyl (C=O) groups excluding carboxylic acids is 3. The number of para-hydroxylation sites is 1. The van der Waals surface area contributed by atoms with Crippen LogP contribution in [0.1, 0.15) is 53.4 Å². The number of aryl methyl sites for hydroxylation is 1. The summed E-state index contributed by atoms with van der Waals surface area (Å²) in [4.78, 5) is 37.4. The van der Waals surface area contributed by atoms with E-state index in [0.717, 1.165) is 52.8 Å². The molecule has 1 aliphatic rings. The van der Waals surface area contributed by atoms with Crippen LogP contribution in [-0.4, -0.2) is 85.0 Å². The fourth-order valence-corrected chi connectivity index (χ4v) is 5.43. The van der Waals surface area contributed by atoms with Gasteiger partial charge in [0.1, 0.15) is 35.5 Å². The summed E-state index contributed by atoms with van der Waals surface area (Å²) in [7, 11) is 6.71. The summed E-state index contributed by atoms with van der Waals surface area (Å²) >= 11 is 0. The summed E-state index contributed by atoms with van der Waals surface area (Å²) in [6.07, 6.45) is -0.971. The Balaban J connectivity index is 0.000000345. The van der Waals surface area contributed by atoms with Crippen molar-refractivity contribution >= 4 is 41.2 Å². The third-order valence-electron chi connectivity index (χ3n) is 7.93. The summed E-state index contributed by atoms with van der Waals surface area (Å²) < 4.78 is 82.3. The number of alkyl halides is 3.